The molecule has 0 spiro atoms. The van der Waals surface area contributed by atoms with E-state index >= 15 is 0 Å². The first kappa shape index (κ1) is 17.1. The van der Waals surface area contributed by atoms with E-state index in [1.54, 1.807) is 30.3 Å². The van der Waals surface area contributed by atoms with Crippen LogP contribution in [-0.2, 0) is 0 Å². The number of benzene rings is 1. The predicted molar refractivity (Wildman–Crippen MR) is 89.8 cm³/mol. The Labute approximate surface area is 143 Å². The lowest BCUT2D eigenvalue weighted by Crippen LogP contribution is -2.44. The topological polar surface area (TPSA) is 54.2 Å². The number of alkyl halides is 2. The Morgan fingerprint density at radius 2 is 2.12 bits per heavy atom. The van der Waals surface area contributed by atoms with Crippen LogP contribution in [0.25, 0.3) is 12.2 Å². The summed E-state index contributed by atoms with van der Waals surface area (Å²) in [6, 6.07) is 6.99. The molecule has 1 fully saturated rings. The van der Waals surface area contributed by atoms with E-state index in [1.165, 1.54) is 0 Å². The fourth-order valence-electron chi connectivity index (χ4n) is 2.47. The highest BCUT2D eigenvalue weighted by Crippen LogP contribution is 2.25. The summed E-state index contributed by atoms with van der Waals surface area (Å²) in [5, 5.41) is 7.36. The highest BCUT2D eigenvalue weighted by molar-refractivity contribution is 7.99. The van der Waals surface area contributed by atoms with Crippen molar-refractivity contribution in [2.75, 3.05) is 26.7 Å². The Morgan fingerprint density at radius 1 is 1.33 bits per heavy atom. The van der Waals surface area contributed by atoms with E-state index < -0.39 is 5.76 Å². The van der Waals surface area contributed by atoms with Crippen LogP contribution in [0.4, 0.5) is 8.78 Å². The third kappa shape index (κ3) is 4.40. The van der Waals surface area contributed by atoms with Crippen molar-refractivity contribution in [3.8, 4) is 0 Å². The van der Waals surface area contributed by atoms with Gasteiger partial charge in [-0.1, -0.05) is 29.1 Å². The third-order valence-corrected chi connectivity index (χ3v) is 4.51. The number of nitrogens with zero attached hydrogens (tertiary/aromatic N) is 3. The van der Waals surface area contributed by atoms with Crippen LogP contribution in [0.2, 0.25) is 0 Å². The summed E-state index contributed by atoms with van der Waals surface area (Å²) >= 11 is 0.532. The Morgan fingerprint density at radius 3 is 2.83 bits per heavy atom. The summed E-state index contributed by atoms with van der Waals surface area (Å²) in [6.45, 7) is 2.69. The van der Waals surface area contributed by atoms with E-state index in [0.717, 1.165) is 25.2 Å². The number of rotatable bonds is 5. The van der Waals surface area contributed by atoms with Gasteiger partial charge in [-0.3, -0.25) is 4.90 Å². The average Bonchev–Trinajstić information content (AvgIpc) is 3.03. The van der Waals surface area contributed by atoms with E-state index in [9.17, 15) is 8.78 Å². The first-order valence-corrected chi connectivity index (χ1v) is 8.47. The van der Waals surface area contributed by atoms with Gasteiger partial charge in [0.25, 0.3) is 11.6 Å². The third-order valence-electron chi connectivity index (χ3n) is 3.79. The summed E-state index contributed by atoms with van der Waals surface area (Å²) in [5.41, 5.74) is 0.879. The minimum Gasteiger partial charge on any atom is -0.335 e. The Balaban J connectivity index is 1.64. The predicted octanol–water partition coefficient (Wildman–Crippen LogP) is 3.13. The van der Waals surface area contributed by atoms with Crippen molar-refractivity contribution in [2.45, 2.75) is 16.7 Å². The quantitative estimate of drug-likeness (QED) is 0.835. The van der Waals surface area contributed by atoms with Gasteiger partial charge in [-0.25, -0.2) is 0 Å². The molecule has 5 nitrogen and oxygen atoms in total. The van der Waals surface area contributed by atoms with Gasteiger partial charge < -0.3 is 9.84 Å². The van der Waals surface area contributed by atoms with E-state index in [0.29, 0.717) is 28.4 Å². The number of likely N-dealkylation sites (N-methyl/N-ethyl adjacent to an activating group) is 1. The molecule has 1 aromatic carbocycles. The van der Waals surface area contributed by atoms with Gasteiger partial charge in [-0.15, -0.1) is 0 Å². The average molecular weight is 352 g/mol. The van der Waals surface area contributed by atoms with Gasteiger partial charge in [0.05, 0.1) is 6.04 Å². The van der Waals surface area contributed by atoms with Crippen molar-refractivity contribution in [3.63, 3.8) is 0 Å². The number of nitrogens with one attached hydrogen (secondary N) is 1. The fourth-order valence-corrected chi connectivity index (χ4v) is 2.97. The number of hydrogen-bond acceptors (Lipinski definition) is 6. The fraction of sp³-hybridized carbons (Fsp3) is 0.375. The smallest absolute Gasteiger partial charge is 0.288 e. The largest absolute Gasteiger partial charge is 0.335 e. The summed E-state index contributed by atoms with van der Waals surface area (Å²) in [6.07, 6.45) is 3.54. The van der Waals surface area contributed by atoms with Gasteiger partial charge in [0.2, 0.25) is 0 Å². The van der Waals surface area contributed by atoms with Gasteiger partial charge in [0.15, 0.2) is 5.82 Å². The molecule has 1 aliphatic rings. The molecule has 3 rings (SSSR count). The molecule has 0 saturated carbocycles. The van der Waals surface area contributed by atoms with Gasteiger partial charge in [-0.05, 0) is 30.8 Å². The van der Waals surface area contributed by atoms with E-state index in [-0.39, 0.29) is 6.04 Å². The van der Waals surface area contributed by atoms with E-state index in [1.807, 2.05) is 13.1 Å². The molecule has 1 aliphatic heterocycles. The van der Waals surface area contributed by atoms with Gasteiger partial charge in [-0.2, -0.15) is 13.8 Å². The van der Waals surface area contributed by atoms with E-state index in [4.69, 9.17) is 4.52 Å². The highest BCUT2D eigenvalue weighted by atomic mass is 32.2. The molecule has 1 N–H and O–H groups in total. The van der Waals surface area contributed by atoms with Crippen LogP contribution in [0, 0.1) is 0 Å². The minimum absolute atomic E-state index is 0.107. The Hall–Kier alpha value is -1.77. The van der Waals surface area contributed by atoms with Crippen molar-refractivity contribution in [1.82, 2.24) is 20.4 Å². The standard InChI is InChI=1S/C16H18F2N4OS/c1-22-9-8-19-10-13(22)15-20-14(23-21-15)7-4-11-2-5-12(6-3-11)24-16(17)18/h2-7,13,16,19H,8-10H2,1H3/b7-4+. The molecule has 1 saturated heterocycles. The van der Waals surface area contributed by atoms with Crippen LogP contribution in [0.1, 0.15) is 23.3 Å². The highest BCUT2D eigenvalue weighted by Gasteiger charge is 2.24. The lowest BCUT2D eigenvalue weighted by atomic mass is 10.2. The zero-order valence-electron chi connectivity index (χ0n) is 13.2. The number of hydrogen-bond donors (Lipinski definition) is 1. The second-order valence-corrected chi connectivity index (χ2v) is 6.54. The number of thioether (sulfide) groups is 1. The molecular weight excluding hydrogens is 334 g/mol. The second-order valence-electron chi connectivity index (χ2n) is 5.47. The molecule has 0 amide bonds. The molecular formula is C16H18F2N4OS. The summed E-state index contributed by atoms with van der Waals surface area (Å²) < 4.78 is 29.8. The normalized spacial score (nSPS) is 19.4. The number of aromatic nitrogens is 2. The van der Waals surface area contributed by atoms with Crippen LogP contribution >= 0.6 is 11.8 Å². The van der Waals surface area contributed by atoms with Crippen LogP contribution in [0.15, 0.2) is 33.7 Å². The van der Waals surface area contributed by atoms with Gasteiger partial charge in [0, 0.05) is 30.6 Å². The molecule has 8 heteroatoms. The Kier molecular flexibility index (Phi) is 5.60. The number of piperazine rings is 1. The molecule has 128 valence electrons. The Bertz CT molecular complexity index is 690. The molecule has 1 aromatic heterocycles. The van der Waals surface area contributed by atoms with Crippen molar-refractivity contribution < 1.29 is 13.3 Å². The SMILES string of the molecule is CN1CCNCC1c1noc(/C=C/c2ccc(SC(F)F)cc2)n1. The molecule has 2 heterocycles. The van der Waals surface area contributed by atoms with Gasteiger partial charge in [0.1, 0.15) is 0 Å². The maximum absolute atomic E-state index is 12.3. The van der Waals surface area contributed by atoms with Crippen molar-refractivity contribution in [2.24, 2.45) is 0 Å². The van der Waals surface area contributed by atoms with Crippen molar-refractivity contribution >= 4 is 23.9 Å². The maximum Gasteiger partial charge on any atom is 0.288 e. The van der Waals surface area contributed by atoms with Crippen LogP contribution in [-0.4, -0.2) is 47.5 Å². The van der Waals surface area contributed by atoms with Gasteiger partial charge >= 0.3 is 0 Å². The summed E-state index contributed by atoms with van der Waals surface area (Å²) in [7, 11) is 2.04. The molecule has 1 atom stereocenters. The first-order chi connectivity index (χ1) is 11.6. The van der Waals surface area contributed by atoms with Crippen molar-refractivity contribution in [3.05, 3.63) is 41.5 Å². The molecule has 0 radical (unpaired) electrons. The van der Waals surface area contributed by atoms with Crippen LogP contribution in [0.3, 0.4) is 0 Å². The monoisotopic (exact) mass is 352 g/mol. The summed E-state index contributed by atoms with van der Waals surface area (Å²) in [5.74, 6) is -1.32. The van der Waals surface area contributed by atoms with Crippen LogP contribution < -0.4 is 5.32 Å². The first-order valence-electron chi connectivity index (χ1n) is 7.59. The molecule has 1 unspecified atom stereocenters. The number of halogens is 2. The molecule has 24 heavy (non-hydrogen) atoms. The van der Waals surface area contributed by atoms with Crippen molar-refractivity contribution in [1.29, 1.82) is 0 Å². The zero-order chi connectivity index (χ0) is 16.9. The lowest BCUT2D eigenvalue weighted by Gasteiger charge is -2.30. The molecule has 2 aromatic rings. The molecule has 0 bridgehead atoms. The summed E-state index contributed by atoms with van der Waals surface area (Å²) in [4.78, 5) is 7.13. The van der Waals surface area contributed by atoms with Crippen LogP contribution in [0.5, 0.6) is 0 Å². The second kappa shape index (κ2) is 7.87. The lowest BCUT2D eigenvalue weighted by molar-refractivity contribution is 0.190. The minimum atomic E-state index is -2.41. The zero-order valence-corrected chi connectivity index (χ0v) is 14.0. The molecule has 0 aliphatic carbocycles. The van der Waals surface area contributed by atoms with E-state index in [2.05, 4.69) is 20.4 Å². The maximum atomic E-state index is 12.3.